The van der Waals surface area contributed by atoms with Crippen molar-refractivity contribution in [1.82, 2.24) is 0 Å². The minimum Gasteiger partial charge on any atom is -0.314 e. The first-order chi connectivity index (χ1) is 43.2. The second-order valence-electron chi connectivity index (χ2n) is 32.4. The molecule has 0 bridgehead atoms. The topological polar surface area (TPSA) is 6.48 Å². The largest absolute Gasteiger partial charge is 0.314 e. The molecule has 0 fully saturated rings. The van der Waals surface area contributed by atoms with Gasteiger partial charge in [-0.25, -0.2) is 0 Å². The van der Waals surface area contributed by atoms with Crippen molar-refractivity contribution in [3.05, 3.63) is 284 Å². The van der Waals surface area contributed by atoms with Crippen molar-refractivity contribution in [2.24, 2.45) is 10.8 Å². The molecule has 0 N–H and O–H groups in total. The first kappa shape index (κ1) is 63.7. The number of fused-ring (bicyclic) bond motifs is 9. The summed E-state index contributed by atoms with van der Waals surface area (Å²) in [6.45, 7) is 48.3. The van der Waals surface area contributed by atoms with Crippen molar-refractivity contribution in [3.63, 3.8) is 0 Å². The highest BCUT2D eigenvalue weighted by Crippen LogP contribution is 2.54. The predicted molar refractivity (Wildman–Crippen MR) is 401 cm³/mol. The van der Waals surface area contributed by atoms with E-state index >= 15 is 0 Å². The zero-order valence-corrected chi connectivity index (χ0v) is 58.7. The van der Waals surface area contributed by atoms with Gasteiger partial charge in [0.05, 0.1) is 0 Å². The van der Waals surface area contributed by atoms with Gasteiger partial charge in [0.1, 0.15) is 0 Å². The molecule has 468 valence electrons. The average molecular weight is 1210 g/mol. The Balaban J connectivity index is 0.767. The molecule has 0 saturated heterocycles. The highest BCUT2D eigenvalue weighted by molar-refractivity contribution is 5.89. The van der Waals surface area contributed by atoms with Crippen molar-refractivity contribution < 1.29 is 0 Å². The number of benzene rings is 8. The highest BCUT2D eigenvalue weighted by atomic mass is 15.2. The number of allylic oxidation sites excluding steroid dienone is 8. The molecule has 2 heteroatoms. The zero-order valence-electron chi connectivity index (χ0n) is 58.7. The van der Waals surface area contributed by atoms with Crippen molar-refractivity contribution in [2.45, 2.75) is 171 Å². The van der Waals surface area contributed by atoms with Gasteiger partial charge >= 0.3 is 0 Å². The Morgan fingerprint density at radius 3 is 1.08 bits per heavy atom. The van der Waals surface area contributed by atoms with Gasteiger partial charge in [-0.2, -0.15) is 0 Å². The Labute approximate surface area is 553 Å². The molecule has 0 unspecified atom stereocenters. The van der Waals surface area contributed by atoms with Gasteiger partial charge < -0.3 is 9.80 Å². The van der Waals surface area contributed by atoms with Crippen molar-refractivity contribution in [1.29, 1.82) is 0 Å². The summed E-state index contributed by atoms with van der Waals surface area (Å²) >= 11 is 0. The molecule has 0 amide bonds. The molecule has 12 rings (SSSR count). The van der Waals surface area contributed by atoms with Crippen LogP contribution in [-0.4, -0.2) is 0 Å². The smallest absolute Gasteiger partial charge is 0.0464 e. The van der Waals surface area contributed by atoms with Crippen LogP contribution in [0.25, 0.3) is 57.7 Å². The van der Waals surface area contributed by atoms with E-state index in [-0.39, 0.29) is 37.9 Å². The van der Waals surface area contributed by atoms with Crippen LogP contribution >= 0.6 is 0 Å². The van der Waals surface area contributed by atoms with Gasteiger partial charge in [-0.3, -0.25) is 0 Å². The summed E-state index contributed by atoms with van der Waals surface area (Å²) in [5.41, 5.74) is 33.2. The second kappa shape index (κ2) is 23.0. The third kappa shape index (κ3) is 11.7. The van der Waals surface area contributed by atoms with Crippen LogP contribution < -0.4 is 9.80 Å². The lowest BCUT2D eigenvalue weighted by Crippen LogP contribution is -2.21. The van der Waals surface area contributed by atoms with E-state index in [9.17, 15) is 0 Å². The standard InChI is InChI=1S/C90H98N2/c1-21-66(37-22-58(2)84(3,4)5)91(67-38-31-63(32-39-67)85(6,7)8)70-44-50-76-74-48-29-61(54-80(74)89(17,18)82(76)56-70)25-23-59-27-46-72-73-47-28-60(53-79(73)88(15,16)78(72)52-59)24-26-62-30-49-75-77-51-45-71(57-83(77)90(19,20)81(75)55-62)92(68-40-33-64(34-41-68)86(9,10)11)69-42-35-65(36-43-69)87(12,13)14/h21-35,37-42,44-57H,2,36,43H2,1,3-20H3/b25-23+,26-24+,37-22-,66-21+. The molecule has 0 aromatic heterocycles. The van der Waals surface area contributed by atoms with Crippen LogP contribution in [0.15, 0.2) is 217 Å². The van der Waals surface area contributed by atoms with Crippen LogP contribution in [0.2, 0.25) is 0 Å². The highest BCUT2D eigenvalue weighted by Gasteiger charge is 2.39. The predicted octanol–water partition coefficient (Wildman–Crippen LogP) is 25.5. The molecule has 8 aromatic carbocycles. The van der Waals surface area contributed by atoms with Gasteiger partial charge in [-0.15, -0.1) is 0 Å². The van der Waals surface area contributed by atoms with Crippen LogP contribution in [0.1, 0.15) is 211 Å². The molecule has 0 radical (unpaired) electrons. The van der Waals surface area contributed by atoms with E-state index in [2.05, 4.69) is 360 Å². The molecule has 0 atom stereocenters. The maximum absolute atomic E-state index is 4.44. The molecule has 0 heterocycles. The number of hydrogen-bond donors (Lipinski definition) is 0. The lowest BCUT2D eigenvalue weighted by atomic mass is 9.81. The van der Waals surface area contributed by atoms with Crippen LogP contribution in [0, 0.1) is 10.8 Å². The Bertz CT molecular complexity index is 4440. The molecule has 4 aliphatic carbocycles. The lowest BCUT2D eigenvalue weighted by molar-refractivity contribution is 0.479. The molecule has 92 heavy (non-hydrogen) atoms. The van der Waals surface area contributed by atoms with Gasteiger partial charge in [0.2, 0.25) is 0 Å². The lowest BCUT2D eigenvalue weighted by Gasteiger charge is -2.33. The Morgan fingerprint density at radius 1 is 0.380 bits per heavy atom. The van der Waals surface area contributed by atoms with Crippen LogP contribution in [0.5, 0.6) is 0 Å². The van der Waals surface area contributed by atoms with E-state index < -0.39 is 0 Å². The Morgan fingerprint density at radius 2 is 0.728 bits per heavy atom. The van der Waals surface area contributed by atoms with E-state index in [0.29, 0.717) is 0 Å². The first-order valence-electron chi connectivity index (χ1n) is 33.7. The van der Waals surface area contributed by atoms with Gasteiger partial charge in [-0.1, -0.05) is 289 Å². The van der Waals surface area contributed by atoms with Crippen LogP contribution in [0.3, 0.4) is 0 Å². The fraction of sp³-hybridized carbons (Fsp3) is 0.311. The Hall–Kier alpha value is -8.46. The van der Waals surface area contributed by atoms with E-state index in [4.69, 9.17) is 0 Å². The molecule has 0 spiro atoms. The summed E-state index contributed by atoms with van der Waals surface area (Å²) in [5.74, 6) is 0. The van der Waals surface area contributed by atoms with Crippen molar-refractivity contribution in [3.8, 4) is 33.4 Å². The number of nitrogens with zero attached hydrogens (tertiary/aromatic N) is 2. The summed E-state index contributed by atoms with van der Waals surface area (Å²) in [4.78, 5) is 4.92. The minimum atomic E-state index is -0.210. The monoisotopic (exact) mass is 1210 g/mol. The summed E-state index contributed by atoms with van der Waals surface area (Å²) in [6.07, 6.45) is 22.7. The van der Waals surface area contributed by atoms with E-state index in [1.54, 1.807) is 0 Å². The SMILES string of the molecule is C=C(/C=C\C(=C/C)N(c1ccc(C(C)(C)C)cc1)c1ccc2c(c1)C(C)(C)c1cc(/C=C/c3ccc4c(c3)C(C)(C)c3cc(/C=C/c5ccc6c(c5)C(C)(C)c5cc(N(C7=CC=C(C(C)(C)C)CC7)c7ccc(C(C)(C)C)cc7)ccc5-6)ccc3-4)ccc1-2)C(C)(C)C. The van der Waals surface area contributed by atoms with E-state index in [1.165, 1.54) is 123 Å². The molecular formula is C90H98N2. The third-order valence-electron chi connectivity index (χ3n) is 20.9. The van der Waals surface area contributed by atoms with Crippen molar-refractivity contribution in [2.75, 3.05) is 9.80 Å². The normalized spacial score (nSPS) is 16.3. The molecule has 4 aliphatic rings. The van der Waals surface area contributed by atoms with E-state index in [0.717, 1.165) is 35.5 Å². The third-order valence-corrected chi connectivity index (χ3v) is 20.9. The second-order valence-corrected chi connectivity index (χ2v) is 32.4. The molecule has 0 saturated carbocycles. The zero-order chi connectivity index (χ0) is 65.8. The van der Waals surface area contributed by atoms with Gasteiger partial charge in [0.25, 0.3) is 0 Å². The summed E-state index contributed by atoms with van der Waals surface area (Å²) in [5, 5.41) is 0. The van der Waals surface area contributed by atoms with Crippen LogP contribution in [0.4, 0.5) is 22.7 Å². The van der Waals surface area contributed by atoms with Crippen LogP contribution in [-0.2, 0) is 27.1 Å². The quantitative estimate of drug-likeness (QED) is 0.0889. The fourth-order valence-corrected chi connectivity index (χ4v) is 14.7. The average Bonchev–Trinajstić information content (AvgIpc) is 1.59. The fourth-order valence-electron chi connectivity index (χ4n) is 14.7. The summed E-state index contributed by atoms with van der Waals surface area (Å²) in [7, 11) is 0. The molecule has 8 aromatic rings. The van der Waals surface area contributed by atoms with Gasteiger partial charge in [-0.05, 0) is 208 Å². The summed E-state index contributed by atoms with van der Waals surface area (Å²) in [6, 6.07) is 61.0. The first-order valence-corrected chi connectivity index (χ1v) is 33.7. The van der Waals surface area contributed by atoms with Gasteiger partial charge in [0.15, 0.2) is 0 Å². The molecule has 2 nitrogen and oxygen atoms in total. The maximum atomic E-state index is 4.44. The molecule has 0 aliphatic heterocycles. The summed E-state index contributed by atoms with van der Waals surface area (Å²) < 4.78 is 0. The van der Waals surface area contributed by atoms with E-state index in [1.807, 2.05) is 0 Å². The van der Waals surface area contributed by atoms with Crippen molar-refractivity contribution >= 4 is 47.1 Å². The van der Waals surface area contributed by atoms with Gasteiger partial charge in [0, 0.05) is 50.4 Å². The number of anilines is 4. The minimum absolute atomic E-state index is 0.0256. The number of rotatable bonds is 12. The Kier molecular flexibility index (Phi) is 15.9. The number of hydrogen-bond acceptors (Lipinski definition) is 2. The molecular weight excluding hydrogens is 1110 g/mol. The maximum Gasteiger partial charge on any atom is 0.0464 e.